The Hall–Kier alpha value is -3.14. The number of hydrogen-bond acceptors (Lipinski definition) is 6. The van der Waals surface area contributed by atoms with Gasteiger partial charge in [-0.15, -0.1) is 35.1 Å². The molecule has 2 amide bonds. The molecule has 6 rings (SSSR count). The second-order valence-electron chi connectivity index (χ2n) is 9.50. The van der Waals surface area contributed by atoms with E-state index in [4.69, 9.17) is 16.0 Å². The minimum Gasteiger partial charge on any atom is -0.480 e. The number of aliphatic carboxylic acids is 1. The molecule has 7 nitrogen and oxygen atoms in total. The zero-order chi connectivity index (χ0) is 26.4. The predicted octanol–water partition coefficient (Wildman–Crippen LogP) is 4.88. The van der Waals surface area contributed by atoms with Crippen LogP contribution >= 0.6 is 35.1 Å². The molecule has 1 aromatic heterocycles. The van der Waals surface area contributed by atoms with Crippen molar-refractivity contribution in [1.29, 1.82) is 0 Å². The van der Waals surface area contributed by atoms with Gasteiger partial charge in [-0.25, -0.2) is 0 Å². The SMILES string of the molecule is O=C(Cc1ccccc1)N[C@@H]1C(=O)N2CC(Sc3ccc4c(c3)oc3cc(CCl)ccc34)(C(=O)O)CS[C@H]12. The van der Waals surface area contributed by atoms with E-state index in [-0.39, 0.29) is 30.2 Å². The number of nitrogens with zero attached hydrogens (tertiary/aromatic N) is 1. The van der Waals surface area contributed by atoms with E-state index in [1.165, 1.54) is 23.5 Å². The van der Waals surface area contributed by atoms with Crippen molar-refractivity contribution in [2.75, 3.05) is 12.3 Å². The molecular formula is C28H23ClN2O5S2. The van der Waals surface area contributed by atoms with E-state index in [0.29, 0.717) is 17.2 Å². The average molecular weight is 567 g/mol. The van der Waals surface area contributed by atoms with Gasteiger partial charge in [-0.2, -0.15) is 0 Å². The van der Waals surface area contributed by atoms with E-state index in [1.807, 2.05) is 66.7 Å². The first-order valence-corrected chi connectivity index (χ1v) is 14.5. The number of carbonyl (C=O) groups excluding carboxylic acids is 2. The van der Waals surface area contributed by atoms with Crippen molar-refractivity contribution in [2.45, 2.75) is 33.4 Å². The lowest BCUT2D eigenvalue weighted by Crippen LogP contribution is -2.74. The van der Waals surface area contributed by atoms with E-state index < -0.39 is 16.8 Å². The molecular weight excluding hydrogens is 544 g/mol. The number of nitrogens with one attached hydrogen (secondary N) is 1. The van der Waals surface area contributed by atoms with Crippen LogP contribution in [0.1, 0.15) is 11.1 Å². The molecule has 10 heteroatoms. The first-order valence-electron chi connectivity index (χ1n) is 12.1. The molecule has 38 heavy (non-hydrogen) atoms. The lowest BCUT2D eigenvalue weighted by atomic mass is 10.0. The smallest absolute Gasteiger partial charge is 0.322 e. The summed E-state index contributed by atoms with van der Waals surface area (Å²) >= 11 is 8.58. The lowest BCUT2D eigenvalue weighted by molar-refractivity contribution is -0.152. The molecule has 3 heterocycles. The third kappa shape index (κ3) is 4.42. The van der Waals surface area contributed by atoms with Gasteiger partial charge in [0.05, 0.1) is 6.42 Å². The predicted molar refractivity (Wildman–Crippen MR) is 150 cm³/mol. The normalized spacial score (nSPS) is 22.8. The Balaban J connectivity index is 1.17. The van der Waals surface area contributed by atoms with Crippen molar-refractivity contribution in [1.82, 2.24) is 10.2 Å². The number of halogens is 1. The van der Waals surface area contributed by atoms with Crippen molar-refractivity contribution >= 4 is 74.8 Å². The molecule has 0 aliphatic carbocycles. The van der Waals surface area contributed by atoms with Gasteiger partial charge in [0.25, 0.3) is 0 Å². The molecule has 2 aliphatic rings. The van der Waals surface area contributed by atoms with Crippen molar-refractivity contribution in [3.63, 3.8) is 0 Å². The number of alkyl halides is 1. The Morgan fingerprint density at radius 2 is 1.82 bits per heavy atom. The van der Waals surface area contributed by atoms with Crippen molar-refractivity contribution < 1.29 is 23.9 Å². The maximum Gasteiger partial charge on any atom is 0.322 e. The average Bonchev–Trinajstić information content (AvgIpc) is 3.29. The van der Waals surface area contributed by atoms with Gasteiger partial charge < -0.3 is 19.7 Å². The fourth-order valence-electron chi connectivity index (χ4n) is 4.97. The van der Waals surface area contributed by atoms with Crippen LogP contribution in [0.5, 0.6) is 0 Å². The van der Waals surface area contributed by atoms with Gasteiger partial charge >= 0.3 is 5.97 Å². The topological polar surface area (TPSA) is 99.9 Å². The molecule has 0 bridgehead atoms. The van der Waals surface area contributed by atoms with Gasteiger partial charge in [0.15, 0.2) is 0 Å². The van der Waals surface area contributed by atoms with Gasteiger partial charge in [0, 0.05) is 33.8 Å². The van der Waals surface area contributed by atoms with E-state index in [9.17, 15) is 19.5 Å². The highest BCUT2D eigenvalue weighted by atomic mass is 35.5. The molecule has 194 valence electrons. The number of β-lactam (4-membered cyclic amide) rings is 1. The Morgan fingerprint density at radius 3 is 2.55 bits per heavy atom. The van der Waals surface area contributed by atoms with E-state index in [1.54, 1.807) is 4.90 Å². The number of carboxylic acids is 1. The highest BCUT2D eigenvalue weighted by Crippen LogP contribution is 2.47. The van der Waals surface area contributed by atoms with Crippen LogP contribution in [0.15, 0.2) is 76.0 Å². The van der Waals surface area contributed by atoms with Crippen LogP contribution < -0.4 is 5.32 Å². The third-order valence-electron chi connectivity index (χ3n) is 6.94. The summed E-state index contributed by atoms with van der Waals surface area (Å²) in [5.41, 5.74) is 3.23. The number of furan rings is 1. The standard InChI is InChI=1S/C28H23ClN2O5S2/c29-13-17-6-8-19-20-9-7-18(12-22(20)36-21(19)10-17)38-28(27(34)35)14-31-25(33)24(26(31)37-15-28)30-23(32)11-16-4-2-1-3-5-16/h1-10,12,24,26H,11,13-15H2,(H,30,32)(H,34,35)/t24-,26-,28?/m1/s1. The maximum atomic E-state index is 12.9. The van der Waals surface area contributed by atoms with Crippen molar-refractivity contribution in [3.05, 3.63) is 77.9 Å². The molecule has 2 fully saturated rings. The molecule has 0 saturated carbocycles. The summed E-state index contributed by atoms with van der Waals surface area (Å²) in [5.74, 6) is -0.770. The highest BCUT2D eigenvalue weighted by molar-refractivity contribution is 8.05. The number of carboxylic acid groups (broad SMARTS) is 1. The van der Waals surface area contributed by atoms with E-state index >= 15 is 0 Å². The fourth-order valence-corrected chi connectivity index (χ4v) is 8.01. The van der Waals surface area contributed by atoms with Crippen LogP contribution in [-0.4, -0.2) is 56.3 Å². The molecule has 1 unspecified atom stereocenters. The van der Waals surface area contributed by atoms with Crippen molar-refractivity contribution in [3.8, 4) is 0 Å². The van der Waals surface area contributed by atoms with Crippen molar-refractivity contribution in [2.24, 2.45) is 0 Å². The van der Waals surface area contributed by atoms with Gasteiger partial charge in [0.2, 0.25) is 11.8 Å². The third-order valence-corrected chi connectivity index (χ3v) is 10.3. The Labute approximate surface area is 231 Å². The number of rotatable bonds is 7. The second-order valence-corrected chi connectivity index (χ2v) is 12.3. The summed E-state index contributed by atoms with van der Waals surface area (Å²) in [5, 5.41) is 14.7. The minimum atomic E-state index is -1.22. The Bertz CT molecular complexity index is 1580. The number of benzene rings is 3. The first-order chi connectivity index (χ1) is 18.4. The van der Waals surface area contributed by atoms with Crippen LogP contribution in [0.3, 0.4) is 0 Å². The van der Waals surface area contributed by atoms with Crippen LogP contribution in [-0.2, 0) is 26.7 Å². The second kappa shape index (κ2) is 9.87. The van der Waals surface area contributed by atoms with Gasteiger partial charge in [0.1, 0.15) is 27.3 Å². The molecule has 0 spiro atoms. The molecule has 2 aliphatic heterocycles. The van der Waals surface area contributed by atoms with Crippen LogP contribution in [0.4, 0.5) is 0 Å². The highest BCUT2D eigenvalue weighted by Gasteiger charge is 2.58. The zero-order valence-corrected chi connectivity index (χ0v) is 22.4. The van der Waals surface area contributed by atoms with E-state index in [2.05, 4.69) is 5.32 Å². The van der Waals surface area contributed by atoms with Crippen LogP contribution in [0, 0.1) is 0 Å². The fraction of sp³-hybridized carbons (Fsp3) is 0.250. The number of hydrogen-bond donors (Lipinski definition) is 2. The molecule has 4 aromatic rings. The number of carbonyl (C=O) groups is 3. The van der Waals surface area contributed by atoms with Gasteiger partial charge in [-0.05, 0) is 35.4 Å². The summed E-state index contributed by atoms with van der Waals surface area (Å²) in [6.45, 7) is 0.0613. The summed E-state index contributed by atoms with van der Waals surface area (Å²) in [6.07, 6.45) is 0.189. The zero-order valence-electron chi connectivity index (χ0n) is 20.1. The molecule has 3 aromatic carbocycles. The quantitative estimate of drug-likeness (QED) is 0.243. The van der Waals surface area contributed by atoms with Gasteiger partial charge in [-0.1, -0.05) is 42.5 Å². The Kier molecular flexibility index (Phi) is 6.53. The number of fused-ring (bicyclic) bond motifs is 4. The summed E-state index contributed by atoms with van der Waals surface area (Å²) < 4.78 is 4.83. The molecule has 0 radical (unpaired) electrons. The van der Waals surface area contributed by atoms with Gasteiger partial charge in [-0.3, -0.25) is 14.4 Å². The molecule has 3 atom stereocenters. The number of amides is 2. The summed E-state index contributed by atoms with van der Waals surface area (Å²) in [6, 6.07) is 20.2. The van der Waals surface area contributed by atoms with E-state index in [0.717, 1.165) is 32.4 Å². The Morgan fingerprint density at radius 1 is 1.08 bits per heavy atom. The molecule has 2 N–H and O–H groups in total. The molecule has 2 saturated heterocycles. The summed E-state index contributed by atoms with van der Waals surface area (Å²) in [4.78, 5) is 40.3. The number of thioether (sulfide) groups is 2. The maximum absolute atomic E-state index is 12.9. The van der Waals surface area contributed by atoms with Crippen LogP contribution in [0.25, 0.3) is 21.9 Å². The first kappa shape index (κ1) is 25.2. The largest absolute Gasteiger partial charge is 0.480 e. The summed E-state index contributed by atoms with van der Waals surface area (Å²) in [7, 11) is 0. The minimum absolute atomic E-state index is 0.0613. The lowest BCUT2D eigenvalue weighted by Gasteiger charge is -2.53. The monoisotopic (exact) mass is 566 g/mol. The van der Waals surface area contributed by atoms with Crippen LogP contribution in [0.2, 0.25) is 0 Å².